The third kappa shape index (κ3) is 2.91. The van der Waals surface area contributed by atoms with Crippen molar-refractivity contribution in [3.8, 4) is 0 Å². The molecule has 0 saturated heterocycles. The number of anilines is 1. The normalized spacial score (nSPS) is 10.1. The summed E-state index contributed by atoms with van der Waals surface area (Å²) >= 11 is 1.32. The molecule has 0 spiro atoms. The molecule has 1 amide bonds. The minimum absolute atomic E-state index is 0.0964. The summed E-state index contributed by atoms with van der Waals surface area (Å²) in [7, 11) is 0. The van der Waals surface area contributed by atoms with Crippen LogP contribution >= 0.6 is 11.8 Å². The molecule has 0 bridgehead atoms. The van der Waals surface area contributed by atoms with Gasteiger partial charge in [0, 0.05) is 18.6 Å². The summed E-state index contributed by atoms with van der Waals surface area (Å²) in [5, 5.41) is 12.0. The fourth-order valence-corrected chi connectivity index (χ4v) is 2.03. The number of thioether (sulfide) groups is 1. The number of hydrogen-bond acceptors (Lipinski definition) is 6. The molecule has 0 fully saturated rings. The number of carboxylic acid groups (broad SMARTS) is 1. The lowest BCUT2D eigenvalue weighted by molar-refractivity contribution is 0.0691. The zero-order chi connectivity index (χ0) is 14.5. The topological polar surface area (TPSA) is 105 Å². The minimum Gasteiger partial charge on any atom is -0.476 e. The van der Waals surface area contributed by atoms with Gasteiger partial charge in [-0.05, 0) is 18.4 Å². The second-order valence-electron chi connectivity index (χ2n) is 3.57. The van der Waals surface area contributed by atoms with Crippen LogP contribution in [0.3, 0.4) is 0 Å². The Hall–Kier alpha value is -2.48. The van der Waals surface area contributed by atoms with Gasteiger partial charge < -0.3 is 10.4 Å². The molecule has 8 heteroatoms. The predicted octanol–water partition coefficient (Wildman–Crippen LogP) is 1.54. The van der Waals surface area contributed by atoms with Crippen molar-refractivity contribution in [3.63, 3.8) is 0 Å². The van der Waals surface area contributed by atoms with Crippen LogP contribution in [0.25, 0.3) is 0 Å². The summed E-state index contributed by atoms with van der Waals surface area (Å²) in [4.78, 5) is 34.7. The number of nitrogens with zero attached hydrogens (tertiary/aromatic N) is 3. The first-order chi connectivity index (χ1) is 9.63. The fraction of sp³-hybridized carbons (Fsp3) is 0.0833. The number of carbonyl (C=O) groups is 2. The van der Waals surface area contributed by atoms with Gasteiger partial charge in [0.1, 0.15) is 5.03 Å². The number of amides is 1. The number of aromatic nitrogens is 3. The number of rotatable bonds is 4. The second kappa shape index (κ2) is 6.11. The van der Waals surface area contributed by atoms with E-state index in [-0.39, 0.29) is 11.5 Å². The summed E-state index contributed by atoms with van der Waals surface area (Å²) in [5.74, 6) is -1.84. The van der Waals surface area contributed by atoms with E-state index in [9.17, 15) is 9.59 Å². The Morgan fingerprint density at radius 2 is 1.95 bits per heavy atom. The molecule has 0 aromatic carbocycles. The van der Waals surface area contributed by atoms with Crippen LogP contribution in [0.15, 0.2) is 35.7 Å². The smallest absolute Gasteiger partial charge is 0.358 e. The summed E-state index contributed by atoms with van der Waals surface area (Å²) < 4.78 is 0. The maximum Gasteiger partial charge on any atom is 0.358 e. The van der Waals surface area contributed by atoms with Crippen LogP contribution < -0.4 is 5.32 Å². The maximum atomic E-state index is 12.1. The quantitative estimate of drug-likeness (QED) is 0.823. The van der Waals surface area contributed by atoms with E-state index in [4.69, 9.17) is 5.11 Å². The molecular formula is C12H10N4O3S. The molecule has 20 heavy (non-hydrogen) atoms. The summed E-state index contributed by atoms with van der Waals surface area (Å²) in [5.41, 5.74) is 0.0393. The van der Waals surface area contributed by atoms with Gasteiger partial charge in [0.05, 0.1) is 5.56 Å². The molecule has 2 aromatic rings. The maximum absolute atomic E-state index is 12.1. The highest BCUT2D eigenvalue weighted by Crippen LogP contribution is 2.18. The van der Waals surface area contributed by atoms with E-state index in [0.717, 1.165) is 0 Å². The van der Waals surface area contributed by atoms with Crippen molar-refractivity contribution in [2.75, 3.05) is 11.6 Å². The van der Waals surface area contributed by atoms with Gasteiger partial charge in [-0.15, -0.1) is 11.8 Å². The highest BCUT2D eigenvalue weighted by molar-refractivity contribution is 7.98. The largest absolute Gasteiger partial charge is 0.476 e. The molecule has 0 radical (unpaired) electrons. The van der Waals surface area contributed by atoms with Gasteiger partial charge in [-0.25, -0.2) is 19.7 Å². The van der Waals surface area contributed by atoms with Crippen molar-refractivity contribution in [1.82, 2.24) is 15.0 Å². The fourth-order valence-electron chi connectivity index (χ4n) is 1.49. The lowest BCUT2D eigenvalue weighted by Gasteiger charge is -2.08. The zero-order valence-electron chi connectivity index (χ0n) is 10.4. The highest BCUT2D eigenvalue weighted by Gasteiger charge is 2.17. The van der Waals surface area contributed by atoms with Gasteiger partial charge in [0.25, 0.3) is 5.91 Å². The van der Waals surface area contributed by atoms with Gasteiger partial charge in [-0.2, -0.15) is 0 Å². The molecule has 0 unspecified atom stereocenters. The van der Waals surface area contributed by atoms with Crippen molar-refractivity contribution < 1.29 is 14.7 Å². The van der Waals surface area contributed by atoms with E-state index in [1.165, 1.54) is 24.2 Å². The van der Waals surface area contributed by atoms with E-state index in [1.807, 2.05) is 0 Å². The van der Waals surface area contributed by atoms with Crippen LogP contribution in [0.4, 0.5) is 5.82 Å². The standard InChI is InChI=1S/C12H10N4O3S/c1-20-11-7(3-2-4-15-11)10(17)16-9-8(12(18)19)13-5-6-14-9/h2-6H,1H3,(H,18,19)(H,14,16,17). The first kappa shape index (κ1) is 13.9. The van der Waals surface area contributed by atoms with Gasteiger partial charge in [-0.3, -0.25) is 4.79 Å². The third-order valence-electron chi connectivity index (χ3n) is 2.34. The summed E-state index contributed by atoms with van der Waals surface area (Å²) in [6.07, 6.45) is 5.93. The molecule has 0 atom stereocenters. The van der Waals surface area contributed by atoms with Gasteiger partial charge in [0.15, 0.2) is 11.5 Å². The molecule has 2 aromatic heterocycles. The number of carbonyl (C=O) groups excluding carboxylic acids is 1. The Morgan fingerprint density at radius 3 is 2.65 bits per heavy atom. The first-order valence-electron chi connectivity index (χ1n) is 5.48. The first-order valence-corrected chi connectivity index (χ1v) is 6.70. The Labute approximate surface area is 118 Å². The lowest BCUT2D eigenvalue weighted by atomic mass is 10.2. The molecule has 102 valence electrons. The molecule has 0 aliphatic heterocycles. The van der Waals surface area contributed by atoms with Crippen molar-refractivity contribution in [2.45, 2.75) is 5.03 Å². The molecular weight excluding hydrogens is 280 g/mol. The SMILES string of the molecule is CSc1ncccc1C(=O)Nc1nccnc1C(=O)O. The van der Waals surface area contributed by atoms with Crippen molar-refractivity contribution in [1.29, 1.82) is 0 Å². The second-order valence-corrected chi connectivity index (χ2v) is 4.37. The van der Waals surface area contributed by atoms with Crippen LogP contribution in [-0.4, -0.2) is 38.2 Å². The molecule has 0 aliphatic rings. The van der Waals surface area contributed by atoms with E-state index in [2.05, 4.69) is 20.3 Å². The molecule has 0 saturated carbocycles. The summed E-state index contributed by atoms with van der Waals surface area (Å²) in [6, 6.07) is 3.23. The molecule has 2 rings (SSSR count). The molecule has 2 N–H and O–H groups in total. The van der Waals surface area contributed by atoms with E-state index >= 15 is 0 Å². The minimum atomic E-state index is -1.26. The van der Waals surface area contributed by atoms with E-state index in [0.29, 0.717) is 10.6 Å². The van der Waals surface area contributed by atoms with Crippen molar-refractivity contribution in [3.05, 3.63) is 42.0 Å². The lowest BCUT2D eigenvalue weighted by Crippen LogP contribution is -2.18. The highest BCUT2D eigenvalue weighted by atomic mass is 32.2. The van der Waals surface area contributed by atoms with Gasteiger partial charge in [-0.1, -0.05) is 0 Å². The van der Waals surface area contributed by atoms with Crippen molar-refractivity contribution in [2.24, 2.45) is 0 Å². The Balaban J connectivity index is 2.31. The monoisotopic (exact) mass is 290 g/mol. The number of hydrogen-bond donors (Lipinski definition) is 2. The Kier molecular flexibility index (Phi) is 4.26. The number of aromatic carboxylic acids is 1. The Morgan fingerprint density at radius 1 is 1.20 bits per heavy atom. The van der Waals surface area contributed by atoms with Crippen LogP contribution in [0.1, 0.15) is 20.8 Å². The molecule has 2 heterocycles. The number of carboxylic acids is 1. The summed E-state index contributed by atoms with van der Waals surface area (Å²) in [6.45, 7) is 0. The van der Waals surface area contributed by atoms with Gasteiger partial charge >= 0.3 is 5.97 Å². The Bertz CT molecular complexity index is 663. The van der Waals surface area contributed by atoms with E-state index < -0.39 is 11.9 Å². The third-order valence-corrected chi connectivity index (χ3v) is 3.05. The molecule has 0 aliphatic carbocycles. The molecule has 7 nitrogen and oxygen atoms in total. The van der Waals surface area contributed by atoms with E-state index in [1.54, 1.807) is 24.6 Å². The predicted molar refractivity (Wildman–Crippen MR) is 73.0 cm³/mol. The number of nitrogens with one attached hydrogen (secondary N) is 1. The van der Waals surface area contributed by atoms with Crippen molar-refractivity contribution >= 4 is 29.5 Å². The zero-order valence-corrected chi connectivity index (χ0v) is 11.2. The average Bonchev–Trinajstić information content (AvgIpc) is 2.47. The average molecular weight is 290 g/mol. The van der Waals surface area contributed by atoms with Crippen LogP contribution in [-0.2, 0) is 0 Å². The van der Waals surface area contributed by atoms with Crippen LogP contribution in [0.5, 0.6) is 0 Å². The van der Waals surface area contributed by atoms with Crippen LogP contribution in [0, 0.1) is 0 Å². The van der Waals surface area contributed by atoms with Crippen LogP contribution in [0.2, 0.25) is 0 Å². The van der Waals surface area contributed by atoms with Gasteiger partial charge in [0.2, 0.25) is 0 Å². The number of pyridine rings is 1.